The first-order valence-electron chi connectivity index (χ1n) is 9.70. The van der Waals surface area contributed by atoms with Gasteiger partial charge in [-0.2, -0.15) is 4.31 Å². The Bertz CT molecular complexity index is 873. The van der Waals surface area contributed by atoms with Crippen LogP contribution in [0.3, 0.4) is 0 Å². The summed E-state index contributed by atoms with van der Waals surface area (Å²) >= 11 is 1.18. The van der Waals surface area contributed by atoms with E-state index < -0.39 is 10.0 Å². The van der Waals surface area contributed by atoms with E-state index in [0.29, 0.717) is 32.7 Å². The molecule has 2 heterocycles. The summed E-state index contributed by atoms with van der Waals surface area (Å²) in [7, 11) is -3.68. The fourth-order valence-electron chi connectivity index (χ4n) is 3.29. The molecule has 1 saturated heterocycles. The number of anilines is 1. The summed E-state index contributed by atoms with van der Waals surface area (Å²) in [5.74, 6) is -0.299. The Morgan fingerprint density at radius 2 is 1.79 bits per heavy atom. The highest BCUT2D eigenvalue weighted by Gasteiger charge is 2.32. The molecule has 152 valence electrons. The molecule has 1 aliphatic rings. The zero-order valence-electron chi connectivity index (χ0n) is 16.1. The number of piperazine rings is 1. The summed E-state index contributed by atoms with van der Waals surface area (Å²) in [6.07, 6.45) is 3.02. The number of hydrogen-bond acceptors (Lipinski definition) is 5. The number of carbonyl (C=O) groups is 1. The molecule has 8 heteroatoms. The van der Waals surface area contributed by atoms with Gasteiger partial charge in [0.15, 0.2) is 0 Å². The topological polar surface area (TPSA) is 69.7 Å². The van der Waals surface area contributed by atoms with Gasteiger partial charge in [-0.05, 0) is 30.0 Å². The van der Waals surface area contributed by atoms with Crippen LogP contribution in [0.2, 0.25) is 0 Å². The second-order valence-electron chi connectivity index (χ2n) is 6.80. The average molecular weight is 422 g/mol. The van der Waals surface area contributed by atoms with Gasteiger partial charge in [0, 0.05) is 38.4 Å². The molecule has 0 radical (unpaired) electrons. The van der Waals surface area contributed by atoms with Crippen LogP contribution in [0, 0.1) is 0 Å². The number of nitrogens with zero attached hydrogens (tertiary/aromatic N) is 2. The Labute approximate surface area is 171 Å². The minimum atomic E-state index is -3.68. The molecule has 1 aromatic carbocycles. The fourth-order valence-corrected chi connectivity index (χ4v) is 6.03. The Morgan fingerprint density at radius 1 is 1.07 bits per heavy atom. The van der Waals surface area contributed by atoms with Gasteiger partial charge < -0.3 is 10.2 Å². The number of para-hydroxylation sites is 1. The second-order valence-corrected chi connectivity index (χ2v) is 9.63. The largest absolute Gasteiger partial charge is 0.369 e. The van der Waals surface area contributed by atoms with Crippen LogP contribution in [0.1, 0.15) is 35.9 Å². The maximum absolute atomic E-state index is 13.1. The van der Waals surface area contributed by atoms with Crippen LogP contribution in [0.4, 0.5) is 5.69 Å². The minimum absolute atomic E-state index is 0.124. The number of thiophene rings is 1. The van der Waals surface area contributed by atoms with Gasteiger partial charge in [-0.1, -0.05) is 38.0 Å². The van der Waals surface area contributed by atoms with Crippen LogP contribution in [0.15, 0.2) is 46.7 Å². The molecule has 2 aromatic rings. The molecule has 1 N–H and O–H groups in total. The zero-order chi connectivity index (χ0) is 20.0. The standard InChI is InChI=1S/C20H27N3O3S2/c1-2-3-7-11-21-20(24)19-18(10-16-27-19)28(25,26)23-14-12-22(13-15-23)17-8-5-4-6-9-17/h4-6,8-10,16H,2-3,7,11-15H2,1H3,(H,21,24). The third-order valence-electron chi connectivity index (χ3n) is 4.88. The quantitative estimate of drug-likeness (QED) is 0.665. The van der Waals surface area contributed by atoms with Crippen molar-refractivity contribution >= 4 is 33.0 Å². The highest BCUT2D eigenvalue weighted by Crippen LogP contribution is 2.27. The number of carbonyl (C=O) groups excluding carboxylic acids is 1. The van der Waals surface area contributed by atoms with Crippen LogP contribution >= 0.6 is 11.3 Å². The molecule has 0 saturated carbocycles. The molecule has 0 spiro atoms. The predicted molar refractivity (Wildman–Crippen MR) is 114 cm³/mol. The first-order chi connectivity index (χ1) is 13.5. The number of rotatable bonds is 8. The maximum atomic E-state index is 13.1. The van der Waals surface area contributed by atoms with Crippen molar-refractivity contribution in [2.75, 3.05) is 37.6 Å². The van der Waals surface area contributed by atoms with E-state index in [2.05, 4.69) is 17.1 Å². The predicted octanol–water partition coefficient (Wildman–Crippen LogP) is 3.18. The Kier molecular flexibility index (Phi) is 7.09. The van der Waals surface area contributed by atoms with Gasteiger partial charge in [0.25, 0.3) is 5.91 Å². The summed E-state index contributed by atoms with van der Waals surface area (Å²) in [6.45, 7) is 4.75. The van der Waals surface area contributed by atoms with Gasteiger partial charge in [0.1, 0.15) is 9.77 Å². The van der Waals surface area contributed by atoms with E-state index in [4.69, 9.17) is 0 Å². The van der Waals surface area contributed by atoms with E-state index >= 15 is 0 Å². The van der Waals surface area contributed by atoms with E-state index in [-0.39, 0.29) is 15.7 Å². The van der Waals surface area contributed by atoms with Crippen LogP contribution in [0.5, 0.6) is 0 Å². The van der Waals surface area contributed by atoms with Crippen molar-refractivity contribution in [1.29, 1.82) is 0 Å². The van der Waals surface area contributed by atoms with Crippen molar-refractivity contribution < 1.29 is 13.2 Å². The number of sulfonamides is 1. The lowest BCUT2D eigenvalue weighted by Gasteiger charge is -2.35. The van der Waals surface area contributed by atoms with E-state index in [1.54, 1.807) is 11.4 Å². The molecule has 1 aromatic heterocycles. The summed E-state index contributed by atoms with van der Waals surface area (Å²) in [5.41, 5.74) is 1.10. The Hall–Kier alpha value is -1.90. The van der Waals surface area contributed by atoms with Crippen molar-refractivity contribution in [2.45, 2.75) is 31.1 Å². The third-order valence-corrected chi connectivity index (χ3v) is 7.86. The van der Waals surface area contributed by atoms with E-state index in [1.807, 2.05) is 30.3 Å². The van der Waals surface area contributed by atoms with Gasteiger partial charge in [-0.25, -0.2) is 8.42 Å². The molecular formula is C20H27N3O3S2. The van der Waals surface area contributed by atoms with Gasteiger partial charge in [0.05, 0.1) is 0 Å². The molecule has 0 unspecified atom stereocenters. The fraction of sp³-hybridized carbons (Fsp3) is 0.450. The SMILES string of the molecule is CCCCCNC(=O)c1sccc1S(=O)(=O)N1CCN(c2ccccc2)CC1. The van der Waals surface area contributed by atoms with Gasteiger partial charge in [0.2, 0.25) is 10.0 Å². The summed E-state index contributed by atoms with van der Waals surface area (Å²) in [5, 5.41) is 4.52. The monoisotopic (exact) mass is 421 g/mol. The molecule has 0 atom stereocenters. The minimum Gasteiger partial charge on any atom is -0.369 e. The third kappa shape index (κ3) is 4.74. The molecule has 3 rings (SSSR count). The lowest BCUT2D eigenvalue weighted by molar-refractivity contribution is 0.0954. The van der Waals surface area contributed by atoms with Crippen LogP contribution < -0.4 is 10.2 Å². The molecule has 1 aliphatic heterocycles. The molecule has 1 fully saturated rings. The molecule has 6 nitrogen and oxygen atoms in total. The lowest BCUT2D eigenvalue weighted by Crippen LogP contribution is -2.48. The molecule has 28 heavy (non-hydrogen) atoms. The highest BCUT2D eigenvalue weighted by molar-refractivity contribution is 7.89. The maximum Gasteiger partial charge on any atom is 0.262 e. The van der Waals surface area contributed by atoms with Gasteiger partial charge in [-0.3, -0.25) is 4.79 Å². The van der Waals surface area contributed by atoms with Crippen molar-refractivity contribution in [3.05, 3.63) is 46.7 Å². The van der Waals surface area contributed by atoms with Crippen molar-refractivity contribution in [3.8, 4) is 0 Å². The van der Waals surface area contributed by atoms with Crippen molar-refractivity contribution in [3.63, 3.8) is 0 Å². The number of nitrogens with one attached hydrogen (secondary N) is 1. The van der Waals surface area contributed by atoms with Crippen molar-refractivity contribution in [1.82, 2.24) is 9.62 Å². The molecular weight excluding hydrogens is 394 g/mol. The van der Waals surface area contributed by atoms with Gasteiger partial charge in [-0.15, -0.1) is 11.3 Å². The van der Waals surface area contributed by atoms with E-state index in [9.17, 15) is 13.2 Å². The van der Waals surface area contributed by atoms with E-state index in [1.165, 1.54) is 15.6 Å². The van der Waals surface area contributed by atoms with Crippen molar-refractivity contribution in [2.24, 2.45) is 0 Å². The summed E-state index contributed by atoms with van der Waals surface area (Å²) < 4.78 is 27.7. The van der Waals surface area contributed by atoms with Crippen LogP contribution in [-0.2, 0) is 10.0 Å². The normalized spacial score (nSPS) is 15.5. The Balaban J connectivity index is 1.66. The second kappa shape index (κ2) is 9.54. The number of benzene rings is 1. The average Bonchev–Trinajstić information content (AvgIpc) is 3.23. The molecule has 0 aliphatic carbocycles. The van der Waals surface area contributed by atoms with Crippen LogP contribution in [0.25, 0.3) is 0 Å². The molecule has 1 amide bonds. The lowest BCUT2D eigenvalue weighted by atomic mass is 10.2. The zero-order valence-corrected chi connectivity index (χ0v) is 17.8. The van der Waals surface area contributed by atoms with E-state index in [0.717, 1.165) is 24.9 Å². The first kappa shape index (κ1) is 20.8. The number of unbranched alkanes of at least 4 members (excludes halogenated alkanes) is 2. The van der Waals surface area contributed by atoms with Gasteiger partial charge >= 0.3 is 0 Å². The summed E-state index contributed by atoms with van der Waals surface area (Å²) in [4.78, 5) is 15.0. The highest BCUT2D eigenvalue weighted by atomic mass is 32.2. The smallest absolute Gasteiger partial charge is 0.262 e. The number of amides is 1. The number of hydrogen-bond donors (Lipinski definition) is 1. The Morgan fingerprint density at radius 3 is 2.46 bits per heavy atom. The first-order valence-corrected chi connectivity index (χ1v) is 12.0. The summed E-state index contributed by atoms with van der Waals surface area (Å²) in [6, 6.07) is 11.5. The van der Waals surface area contributed by atoms with Crippen LogP contribution in [-0.4, -0.2) is 51.4 Å². The molecule has 0 bridgehead atoms.